The van der Waals surface area contributed by atoms with E-state index in [1.807, 2.05) is 0 Å². The summed E-state index contributed by atoms with van der Waals surface area (Å²) in [6.45, 7) is 0. The van der Waals surface area contributed by atoms with Gasteiger partial charge in [-0.2, -0.15) is 0 Å². The molecular weight excluding hydrogens is 897 g/mol. The van der Waals surface area contributed by atoms with Crippen LogP contribution in [0.4, 0.5) is 17.1 Å². The number of fused-ring (bicyclic) bond motifs is 18. The van der Waals surface area contributed by atoms with E-state index in [-0.39, 0.29) is 0 Å². The number of hydrogen-bond acceptors (Lipinski definition) is 2. The Morgan fingerprint density at radius 3 is 1.64 bits per heavy atom. The molecule has 0 fully saturated rings. The zero-order valence-electron chi connectivity index (χ0n) is 40.2. The number of nitrogens with zero attached hydrogens (tertiary/aromatic N) is 2. The predicted molar refractivity (Wildman–Crippen MR) is 307 cm³/mol. The van der Waals surface area contributed by atoms with Gasteiger partial charge >= 0.3 is 0 Å². The van der Waals surface area contributed by atoms with Gasteiger partial charge in [0.15, 0.2) is 0 Å². The maximum atomic E-state index is 6.82. The highest BCUT2D eigenvalue weighted by atomic mass is 16.3. The largest absolute Gasteiger partial charge is 0.455 e. The van der Waals surface area contributed by atoms with Crippen LogP contribution >= 0.6 is 0 Å². The molecule has 0 amide bonds. The van der Waals surface area contributed by atoms with E-state index in [1.54, 1.807) is 0 Å². The third kappa shape index (κ3) is 5.66. The molecule has 14 aromatic rings. The van der Waals surface area contributed by atoms with Gasteiger partial charge in [-0.15, -0.1) is 0 Å². The number of para-hydroxylation sites is 3. The van der Waals surface area contributed by atoms with Crippen molar-refractivity contribution in [1.82, 2.24) is 4.57 Å². The molecule has 0 saturated heterocycles. The Bertz CT molecular complexity index is 4530. The van der Waals surface area contributed by atoms with E-state index in [0.29, 0.717) is 0 Å². The van der Waals surface area contributed by atoms with Crippen LogP contribution < -0.4 is 4.90 Å². The van der Waals surface area contributed by atoms with Gasteiger partial charge in [0.2, 0.25) is 0 Å². The van der Waals surface area contributed by atoms with E-state index in [1.165, 1.54) is 71.7 Å². The molecule has 12 aromatic carbocycles. The van der Waals surface area contributed by atoms with Gasteiger partial charge in [-0.3, -0.25) is 0 Å². The Labute approximate surface area is 428 Å². The normalized spacial score (nSPS) is 13.0. The maximum absolute atomic E-state index is 6.82. The zero-order valence-corrected chi connectivity index (χ0v) is 40.2. The van der Waals surface area contributed by atoms with Crippen LogP contribution in [0.15, 0.2) is 271 Å². The topological polar surface area (TPSA) is 21.3 Å². The van der Waals surface area contributed by atoms with Gasteiger partial charge in [-0.1, -0.05) is 200 Å². The highest BCUT2D eigenvalue weighted by molar-refractivity contribution is 6.16. The van der Waals surface area contributed by atoms with Gasteiger partial charge in [0.1, 0.15) is 11.2 Å². The maximum Gasteiger partial charge on any atom is 0.143 e. The first-order chi connectivity index (χ1) is 36.7. The van der Waals surface area contributed by atoms with E-state index >= 15 is 0 Å². The molecule has 2 aliphatic carbocycles. The first-order valence-corrected chi connectivity index (χ1v) is 25.6. The number of benzene rings is 12. The lowest BCUT2D eigenvalue weighted by molar-refractivity contribution is 0.673. The summed E-state index contributed by atoms with van der Waals surface area (Å²) >= 11 is 0. The van der Waals surface area contributed by atoms with Crippen LogP contribution in [0, 0.1) is 0 Å². The summed E-state index contributed by atoms with van der Waals surface area (Å²) in [6.07, 6.45) is 0. The van der Waals surface area contributed by atoms with Crippen LogP contribution in [-0.4, -0.2) is 4.57 Å². The van der Waals surface area contributed by atoms with Crippen molar-refractivity contribution in [2.75, 3.05) is 4.90 Å². The first-order valence-electron chi connectivity index (χ1n) is 25.6. The summed E-state index contributed by atoms with van der Waals surface area (Å²) in [7, 11) is 0. The van der Waals surface area contributed by atoms with Gasteiger partial charge in [-0.05, 0) is 128 Å². The molecule has 74 heavy (non-hydrogen) atoms. The average molecular weight is 941 g/mol. The molecule has 0 N–H and O–H groups in total. The minimum absolute atomic E-state index is 0.484. The second kappa shape index (κ2) is 15.6. The molecule has 2 aromatic heterocycles. The van der Waals surface area contributed by atoms with E-state index in [9.17, 15) is 0 Å². The van der Waals surface area contributed by atoms with E-state index < -0.39 is 5.41 Å². The molecule has 344 valence electrons. The molecule has 3 nitrogen and oxygen atoms in total. The summed E-state index contributed by atoms with van der Waals surface area (Å²) in [6, 6.07) is 98.3. The minimum atomic E-state index is -0.484. The fraction of sp³-hybridized carbons (Fsp3) is 0.0141. The molecule has 3 heteroatoms. The smallest absolute Gasteiger partial charge is 0.143 e. The number of aromatic nitrogens is 1. The molecule has 16 rings (SSSR count). The summed E-state index contributed by atoms with van der Waals surface area (Å²) in [5.74, 6) is 0. The molecule has 0 aliphatic heterocycles. The van der Waals surface area contributed by atoms with Crippen LogP contribution in [0.3, 0.4) is 0 Å². The highest BCUT2D eigenvalue weighted by Gasteiger charge is 2.52. The van der Waals surface area contributed by atoms with Crippen molar-refractivity contribution in [2.45, 2.75) is 5.41 Å². The average Bonchev–Trinajstić information content (AvgIpc) is 4.20. The SMILES string of the molecule is c1cc(-c2ccc(N(c3ccccc3-c3ccc4c(c3)oc3c5ccccc5ccc43)c3cccc4c3-c3ccccc3C43c4ccccc4-c4ccccc43)cc2)cc(-n2c3ccccc3c3ccccc32)c1. The Kier molecular flexibility index (Phi) is 8.66. The molecule has 2 aliphatic rings. The minimum Gasteiger partial charge on any atom is -0.455 e. The van der Waals surface area contributed by atoms with Crippen LogP contribution in [0.5, 0.6) is 0 Å². The molecular formula is C71H44N2O. The van der Waals surface area contributed by atoms with Gasteiger partial charge in [0.05, 0.1) is 27.8 Å². The number of anilines is 3. The van der Waals surface area contributed by atoms with Crippen LogP contribution in [0.25, 0.3) is 105 Å². The van der Waals surface area contributed by atoms with Crippen molar-refractivity contribution in [3.63, 3.8) is 0 Å². The molecule has 0 radical (unpaired) electrons. The second-order valence-electron chi connectivity index (χ2n) is 19.9. The lowest BCUT2D eigenvalue weighted by Crippen LogP contribution is -2.26. The summed E-state index contributed by atoms with van der Waals surface area (Å²) < 4.78 is 9.22. The van der Waals surface area contributed by atoms with Gasteiger partial charge in [-0.25, -0.2) is 0 Å². The molecule has 0 unspecified atom stereocenters. The van der Waals surface area contributed by atoms with Crippen molar-refractivity contribution < 1.29 is 4.42 Å². The number of furan rings is 1. The van der Waals surface area contributed by atoms with Crippen LogP contribution in [0.2, 0.25) is 0 Å². The molecule has 0 saturated carbocycles. The lowest BCUT2D eigenvalue weighted by Gasteiger charge is -2.32. The third-order valence-electron chi connectivity index (χ3n) is 16.2. The monoisotopic (exact) mass is 940 g/mol. The highest BCUT2D eigenvalue weighted by Crippen LogP contribution is 2.65. The van der Waals surface area contributed by atoms with Crippen molar-refractivity contribution in [2.24, 2.45) is 0 Å². The fourth-order valence-electron chi connectivity index (χ4n) is 13.1. The Hall–Kier alpha value is -9.70. The number of rotatable bonds is 6. The van der Waals surface area contributed by atoms with Crippen molar-refractivity contribution in [3.8, 4) is 50.2 Å². The lowest BCUT2D eigenvalue weighted by atomic mass is 9.70. The summed E-state index contributed by atoms with van der Waals surface area (Å²) in [5.41, 5.74) is 23.0. The van der Waals surface area contributed by atoms with E-state index in [0.717, 1.165) is 72.3 Å². The third-order valence-corrected chi connectivity index (χ3v) is 16.2. The van der Waals surface area contributed by atoms with Crippen molar-refractivity contribution >= 4 is 71.6 Å². The van der Waals surface area contributed by atoms with Gasteiger partial charge < -0.3 is 13.9 Å². The van der Waals surface area contributed by atoms with Crippen LogP contribution in [0.1, 0.15) is 22.3 Å². The zero-order chi connectivity index (χ0) is 48.5. The molecule has 0 atom stereocenters. The quantitative estimate of drug-likeness (QED) is 0.166. The predicted octanol–water partition coefficient (Wildman–Crippen LogP) is 19.0. The first kappa shape index (κ1) is 41.0. The van der Waals surface area contributed by atoms with E-state index in [2.05, 4.69) is 276 Å². The Morgan fingerprint density at radius 2 is 0.892 bits per heavy atom. The second-order valence-corrected chi connectivity index (χ2v) is 19.9. The molecule has 1 spiro atoms. The van der Waals surface area contributed by atoms with Crippen molar-refractivity contribution in [3.05, 3.63) is 289 Å². The standard InChI is InChI=1S/C71H44N2O/c1-2-21-52-46(17-1)37-42-58-57-41-38-48(44-68(57)74-70(52)58)51-20-6-12-31-64(51)72(49-39-35-45(36-40-49)47-18-15-19-50(43-47)73-65-32-13-7-24-55(65)56-25-8-14-33-66(56)73)67-34-16-30-63-69(67)59-26-5-11-29-62(59)71(63)60-27-9-3-22-53(60)54-23-4-10-28-61(54)71/h1-44H. The molecule has 2 heterocycles. The Balaban J connectivity index is 0.903. The number of hydrogen-bond donors (Lipinski definition) is 0. The van der Waals surface area contributed by atoms with Crippen LogP contribution in [-0.2, 0) is 5.41 Å². The Morgan fingerprint density at radius 1 is 0.338 bits per heavy atom. The van der Waals surface area contributed by atoms with E-state index in [4.69, 9.17) is 4.42 Å². The van der Waals surface area contributed by atoms with Crippen molar-refractivity contribution in [1.29, 1.82) is 0 Å². The van der Waals surface area contributed by atoms with Gasteiger partial charge in [0.25, 0.3) is 0 Å². The fourth-order valence-corrected chi connectivity index (χ4v) is 13.1. The molecule has 0 bridgehead atoms. The summed E-state index contributed by atoms with van der Waals surface area (Å²) in [4.78, 5) is 2.51. The summed E-state index contributed by atoms with van der Waals surface area (Å²) in [5, 5.41) is 7.05. The van der Waals surface area contributed by atoms with Gasteiger partial charge in [0, 0.05) is 49.4 Å².